The molecule has 7 heteroatoms. The fourth-order valence-electron chi connectivity index (χ4n) is 1.33. The maximum absolute atomic E-state index is 12.0. The summed E-state index contributed by atoms with van der Waals surface area (Å²) in [5, 5.41) is 8.66. The predicted octanol–water partition coefficient (Wildman–Crippen LogP) is 1.32. The number of nitrogens with zero attached hydrogens (tertiary/aromatic N) is 1. The largest absolute Gasteiger partial charge is 0.383 e. The van der Waals surface area contributed by atoms with Gasteiger partial charge in [0.05, 0.1) is 12.1 Å². The van der Waals surface area contributed by atoms with Crippen LogP contribution in [0.2, 0.25) is 0 Å². The van der Waals surface area contributed by atoms with Crippen molar-refractivity contribution in [3.05, 3.63) is 17.0 Å². The van der Waals surface area contributed by atoms with E-state index in [1.165, 1.54) is 19.2 Å². The highest BCUT2D eigenvalue weighted by molar-refractivity contribution is 7.91. The topological polar surface area (TPSA) is 79.2 Å². The molecular weight excluding hydrogens is 260 g/mol. The molecular formula is C10H14N2O3S2. The number of ether oxygens (including phenoxy) is 1. The highest BCUT2D eigenvalue weighted by Crippen LogP contribution is 2.22. The molecule has 0 bridgehead atoms. The third-order valence-electron chi connectivity index (χ3n) is 1.87. The molecule has 17 heavy (non-hydrogen) atoms. The van der Waals surface area contributed by atoms with Crippen LogP contribution in [0.5, 0.6) is 0 Å². The maximum Gasteiger partial charge on any atom is 0.250 e. The van der Waals surface area contributed by atoms with Crippen LogP contribution in [0, 0.1) is 11.3 Å². The molecule has 5 nitrogen and oxygen atoms in total. The van der Waals surface area contributed by atoms with Gasteiger partial charge in [0.25, 0.3) is 10.0 Å². The van der Waals surface area contributed by atoms with Gasteiger partial charge in [-0.05, 0) is 26.0 Å². The van der Waals surface area contributed by atoms with Crippen LogP contribution in [-0.2, 0) is 14.8 Å². The van der Waals surface area contributed by atoms with Crippen molar-refractivity contribution in [2.45, 2.75) is 23.6 Å². The van der Waals surface area contributed by atoms with Crippen molar-refractivity contribution in [1.29, 1.82) is 5.26 Å². The lowest BCUT2D eigenvalue weighted by molar-refractivity contribution is 0.141. The molecule has 0 fully saturated rings. The van der Waals surface area contributed by atoms with Crippen molar-refractivity contribution in [2.24, 2.45) is 0 Å². The van der Waals surface area contributed by atoms with Crippen molar-refractivity contribution in [1.82, 2.24) is 4.72 Å². The highest BCUT2D eigenvalue weighted by atomic mass is 32.2. The molecule has 1 N–H and O–H groups in total. The average molecular weight is 274 g/mol. The van der Waals surface area contributed by atoms with E-state index >= 15 is 0 Å². The van der Waals surface area contributed by atoms with E-state index in [0.717, 1.165) is 11.3 Å². The van der Waals surface area contributed by atoms with Gasteiger partial charge in [0.1, 0.15) is 15.2 Å². The van der Waals surface area contributed by atoms with Crippen LogP contribution in [0.3, 0.4) is 0 Å². The number of hydrogen-bond acceptors (Lipinski definition) is 5. The lowest BCUT2D eigenvalue weighted by atomic mass is 10.1. The summed E-state index contributed by atoms with van der Waals surface area (Å²) in [4.78, 5) is 0.370. The molecule has 1 aromatic rings. The Kier molecular flexibility index (Phi) is 4.27. The molecule has 0 saturated carbocycles. The summed E-state index contributed by atoms with van der Waals surface area (Å²) in [6, 6.07) is 4.82. The average Bonchev–Trinajstić information content (AvgIpc) is 2.64. The van der Waals surface area contributed by atoms with E-state index < -0.39 is 15.6 Å². The lowest BCUT2D eigenvalue weighted by Gasteiger charge is -2.24. The molecule has 0 radical (unpaired) electrons. The van der Waals surface area contributed by atoms with E-state index in [1.54, 1.807) is 13.8 Å². The number of hydrogen-bond donors (Lipinski definition) is 1. The van der Waals surface area contributed by atoms with Gasteiger partial charge < -0.3 is 4.74 Å². The Morgan fingerprint density at radius 2 is 2.18 bits per heavy atom. The van der Waals surface area contributed by atoms with E-state index in [4.69, 9.17) is 10.00 Å². The Morgan fingerprint density at radius 1 is 1.53 bits per heavy atom. The zero-order valence-corrected chi connectivity index (χ0v) is 11.5. The van der Waals surface area contributed by atoms with Gasteiger partial charge in [-0.1, -0.05) is 0 Å². The first-order valence-corrected chi connectivity index (χ1v) is 7.13. The summed E-state index contributed by atoms with van der Waals surface area (Å²) in [5.41, 5.74) is -0.690. The molecule has 1 heterocycles. The Hall–Kier alpha value is -0.940. The van der Waals surface area contributed by atoms with Crippen molar-refractivity contribution < 1.29 is 13.2 Å². The van der Waals surface area contributed by atoms with Crippen LogP contribution in [0.4, 0.5) is 0 Å². The number of thiophene rings is 1. The molecule has 0 spiro atoms. The van der Waals surface area contributed by atoms with Crippen LogP contribution in [-0.4, -0.2) is 27.7 Å². The minimum Gasteiger partial charge on any atom is -0.383 e. The first kappa shape index (κ1) is 14.1. The van der Waals surface area contributed by atoms with Crippen LogP contribution in [0.25, 0.3) is 0 Å². The van der Waals surface area contributed by atoms with Gasteiger partial charge in [0, 0.05) is 7.11 Å². The van der Waals surface area contributed by atoms with E-state index in [-0.39, 0.29) is 10.8 Å². The molecule has 94 valence electrons. The normalized spacial score (nSPS) is 12.4. The Labute approximate surface area is 105 Å². The van der Waals surface area contributed by atoms with Crippen LogP contribution in [0.1, 0.15) is 18.7 Å². The fourth-order valence-corrected chi connectivity index (χ4v) is 3.83. The quantitative estimate of drug-likeness (QED) is 0.878. The van der Waals surface area contributed by atoms with Crippen molar-refractivity contribution in [3.63, 3.8) is 0 Å². The minimum absolute atomic E-state index is 0.137. The van der Waals surface area contributed by atoms with Crippen molar-refractivity contribution in [2.75, 3.05) is 13.7 Å². The third kappa shape index (κ3) is 3.78. The predicted molar refractivity (Wildman–Crippen MR) is 65.3 cm³/mol. The Bertz CT molecular complexity index is 526. The monoisotopic (exact) mass is 274 g/mol. The zero-order valence-electron chi connectivity index (χ0n) is 9.85. The second-order valence-electron chi connectivity index (χ2n) is 4.15. The van der Waals surface area contributed by atoms with Gasteiger partial charge in [0.2, 0.25) is 0 Å². The second-order valence-corrected chi connectivity index (χ2v) is 7.15. The number of nitriles is 1. The van der Waals surface area contributed by atoms with Gasteiger partial charge >= 0.3 is 0 Å². The van der Waals surface area contributed by atoms with E-state index in [1.807, 2.05) is 6.07 Å². The summed E-state index contributed by atoms with van der Waals surface area (Å²) < 4.78 is 31.6. The van der Waals surface area contributed by atoms with Gasteiger partial charge in [-0.25, -0.2) is 13.1 Å². The van der Waals surface area contributed by atoms with E-state index in [9.17, 15) is 8.42 Å². The second kappa shape index (κ2) is 5.14. The van der Waals surface area contributed by atoms with Gasteiger partial charge in [-0.3, -0.25) is 0 Å². The SMILES string of the molecule is COCC(C)(C)NS(=O)(=O)c1ccc(C#N)s1. The summed E-state index contributed by atoms with van der Waals surface area (Å²) in [6.07, 6.45) is 0. The molecule has 0 atom stereocenters. The smallest absolute Gasteiger partial charge is 0.250 e. The van der Waals surface area contributed by atoms with Crippen LogP contribution >= 0.6 is 11.3 Å². The van der Waals surface area contributed by atoms with Gasteiger partial charge in [-0.15, -0.1) is 11.3 Å². The lowest BCUT2D eigenvalue weighted by Crippen LogP contribution is -2.46. The van der Waals surface area contributed by atoms with E-state index in [0.29, 0.717) is 4.88 Å². The first-order chi connectivity index (χ1) is 7.80. The number of rotatable bonds is 5. The minimum atomic E-state index is -3.59. The molecule has 0 aromatic carbocycles. The van der Waals surface area contributed by atoms with Crippen molar-refractivity contribution in [3.8, 4) is 6.07 Å². The summed E-state index contributed by atoms with van der Waals surface area (Å²) in [6.45, 7) is 3.72. The summed E-state index contributed by atoms with van der Waals surface area (Å²) >= 11 is 0.946. The molecule has 0 aliphatic heterocycles. The zero-order chi connectivity index (χ0) is 13.1. The standard InChI is InChI=1S/C10H14N2O3S2/c1-10(2,7-15-3)12-17(13,14)9-5-4-8(6-11)16-9/h4-5,12H,7H2,1-3H3. The molecule has 0 aliphatic carbocycles. The molecule has 1 rings (SSSR count). The fraction of sp³-hybridized carbons (Fsp3) is 0.500. The molecule has 0 saturated heterocycles. The number of sulfonamides is 1. The summed E-state index contributed by atoms with van der Waals surface area (Å²) in [7, 11) is -2.08. The highest BCUT2D eigenvalue weighted by Gasteiger charge is 2.27. The summed E-state index contributed by atoms with van der Waals surface area (Å²) in [5.74, 6) is 0. The van der Waals surface area contributed by atoms with Gasteiger partial charge in [-0.2, -0.15) is 5.26 Å². The van der Waals surface area contributed by atoms with Crippen molar-refractivity contribution >= 4 is 21.4 Å². The molecule has 0 amide bonds. The van der Waals surface area contributed by atoms with Crippen LogP contribution in [0.15, 0.2) is 16.3 Å². The number of nitrogens with one attached hydrogen (secondary N) is 1. The molecule has 0 aliphatic rings. The number of methoxy groups -OCH3 is 1. The Morgan fingerprint density at radius 3 is 2.65 bits per heavy atom. The Balaban J connectivity index is 2.93. The van der Waals surface area contributed by atoms with E-state index in [2.05, 4.69) is 4.72 Å². The molecule has 1 aromatic heterocycles. The maximum atomic E-state index is 12.0. The van der Waals surface area contributed by atoms with Crippen LogP contribution < -0.4 is 4.72 Å². The third-order valence-corrected chi connectivity index (χ3v) is 5.05. The molecule has 0 unspecified atom stereocenters. The van der Waals surface area contributed by atoms with Gasteiger partial charge in [0.15, 0.2) is 0 Å². The first-order valence-electron chi connectivity index (χ1n) is 4.83.